The highest BCUT2D eigenvalue weighted by Gasteiger charge is 2.11. The minimum Gasteiger partial charge on any atom is -0.468 e. The van der Waals surface area contributed by atoms with Crippen LogP contribution in [-0.2, 0) is 16.1 Å². The van der Waals surface area contributed by atoms with E-state index in [1.165, 1.54) is 0 Å². The number of furan rings is 1. The average molecular weight is 308 g/mol. The summed E-state index contributed by atoms with van der Waals surface area (Å²) in [7, 11) is 0. The molecule has 2 rings (SSSR count). The van der Waals surface area contributed by atoms with Crippen LogP contribution in [0.1, 0.15) is 18.6 Å². The van der Waals surface area contributed by atoms with E-state index in [1.54, 1.807) is 6.26 Å². The second kappa shape index (κ2) is 9.22. The van der Waals surface area contributed by atoms with E-state index >= 15 is 0 Å². The molecule has 1 saturated heterocycles. The third kappa shape index (κ3) is 6.28. The summed E-state index contributed by atoms with van der Waals surface area (Å²) in [6.45, 7) is 5.07. The number of nitrogens with one attached hydrogen (secondary N) is 3. The van der Waals surface area contributed by atoms with Crippen molar-refractivity contribution in [3.05, 3.63) is 24.2 Å². The second-order valence-corrected chi connectivity index (χ2v) is 5.34. The van der Waals surface area contributed by atoms with Gasteiger partial charge in [-0.2, -0.15) is 0 Å². The zero-order chi connectivity index (χ0) is 15.6. The minimum absolute atomic E-state index is 0.113. The second-order valence-electron chi connectivity index (χ2n) is 5.34. The largest absolute Gasteiger partial charge is 0.468 e. The Labute approximate surface area is 130 Å². The van der Waals surface area contributed by atoms with Crippen LogP contribution >= 0.6 is 0 Å². The van der Waals surface area contributed by atoms with Crippen LogP contribution < -0.4 is 16.0 Å². The average Bonchev–Trinajstić information content (AvgIpc) is 2.98. The lowest BCUT2D eigenvalue weighted by molar-refractivity contribution is -0.129. The Morgan fingerprint density at radius 1 is 1.05 bits per heavy atom. The molecule has 3 N–H and O–H groups in total. The fourth-order valence-corrected chi connectivity index (χ4v) is 2.36. The molecule has 0 bridgehead atoms. The predicted molar refractivity (Wildman–Crippen MR) is 82.1 cm³/mol. The Bertz CT molecular complexity index is 461. The van der Waals surface area contributed by atoms with Gasteiger partial charge in [-0.25, -0.2) is 0 Å². The van der Waals surface area contributed by atoms with Gasteiger partial charge in [0.05, 0.1) is 12.8 Å². The molecule has 0 aliphatic carbocycles. The molecule has 0 unspecified atom stereocenters. The smallest absolute Gasteiger partial charge is 0.229 e. The van der Waals surface area contributed by atoms with Gasteiger partial charge in [0.25, 0.3) is 0 Å². The van der Waals surface area contributed by atoms with Crippen molar-refractivity contribution in [3.63, 3.8) is 0 Å². The summed E-state index contributed by atoms with van der Waals surface area (Å²) in [6.07, 6.45) is 2.56. The fraction of sp³-hybridized carbons (Fsp3) is 0.600. The zero-order valence-electron chi connectivity index (χ0n) is 12.8. The molecule has 7 nitrogen and oxygen atoms in total. The van der Waals surface area contributed by atoms with Crippen LogP contribution in [0.25, 0.3) is 0 Å². The highest BCUT2D eigenvalue weighted by atomic mass is 16.3. The molecule has 7 heteroatoms. The van der Waals surface area contributed by atoms with Crippen LogP contribution in [-0.4, -0.2) is 56.0 Å². The number of hydrogen-bond donors (Lipinski definition) is 3. The Balaban J connectivity index is 1.85. The van der Waals surface area contributed by atoms with E-state index in [1.807, 2.05) is 12.1 Å². The van der Waals surface area contributed by atoms with Crippen molar-refractivity contribution in [3.8, 4) is 0 Å². The van der Waals surface area contributed by atoms with Gasteiger partial charge in [-0.05, 0) is 31.6 Å². The van der Waals surface area contributed by atoms with Crippen molar-refractivity contribution in [1.82, 2.24) is 20.9 Å². The fourth-order valence-electron chi connectivity index (χ4n) is 2.36. The number of rotatable bonds is 2. The topological polar surface area (TPSA) is 86.6 Å². The summed E-state index contributed by atoms with van der Waals surface area (Å²) in [5.74, 6) is 0.448. The molecular weight excluding hydrogens is 284 g/mol. The van der Waals surface area contributed by atoms with E-state index in [2.05, 4.69) is 20.9 Å². The molecule has 1 aromatic rings. The van der Waals surface area contributed by atoms with Crippen LogP contribution in [0, 0.1) is 0 Å². The number of carbonyl (C=O) groups excluding carboxylic acids is 2. The van der Waals surface area contributed by atoms with Gasteiger partial charge in [-0.15, -0.1) is 0 Å². The third-order valence-electron chi connectivity index (χ3n) is 3.48. The van der Waals surface area contributed by atoms with Gasteiger partial charge < -0.3 is 20.4 Å². The summed E-state index contributed by atoms with van der Waals surface area (Å²) in [5, 5.41) is 8.79. The van der Waals surface area contributed by atoms with Crippen molar-refractivity contribution < 1.29 is 14.0 Å². The maximum Gasteiger partial charge on any atom is 0.229 e. The molecule has 1 aliphatic heterocycles. The molecule has 0 saturated carbocycles. The first kappa shape index (κ1) is 16.5. The number of hydrogen-bond acceptors (Lipinski definition) is 5. The normalized spacial score (nSPS) is 20.0. The minimum atomic E-state index is -0.236. The Morgan fingerprint density at radius 2 is 1.86 bits per heavy atom. The summed E-state index contributed by atoms with van der Waals surface area (Å²) < 4.78 is 5.38. The summed E-state index contributed by atoms with van der Waals surface area (Å²) in [5.41, 5.74) is 0. The van der Waals surface area contributed by atoms with Crippen molar-refractivity contribution >= 4 is 11.8 Å². The van der Waals surface area contributed by atoms with Crippen LogP contribution in [0.2, 0.25) is 0 Å². The van der Waals surface area contributed by atoms with Gasteiger partial charge in [-0.3, -0.25) is 14.5 Å². The van der Waals surface area contributed by atoms with Gasteiger partial charge in [0.15, 0.2) is 0 Å². The molecule has 0 spiro atoms. The van der Waals surface area contributed by atoms with Crippen molar-refractivity contribution in [2.24, 2.45) is 0 Å². The highest BCUT2D eigenvalue weighted by Crippen LogP contribution is 2.05. The van der Waals surface area contributed by atoms with Crippen LogP contribution in [0.3, 0.4) is 0 Å². The first-order chi connectivity index (χ1) is 10.7. The molecule has 1 aromatic heterocycles. The Kier molecular flexibility index (Phi) is 6.92. The lowest BCUT2D eigenvalue weighted by atomic mass is 10.3. The summed E-state index contributed by atoms with van der Waals surface area (Å²) >= 11 is 0. The van der Waals surface area contributed by atoms with E-state index in [-0.39, 0.29) is 18.2 Å². The van der Waals surface area contributed by atoms with Gasteiger partial charge in [0.1, 0.15) is 12.2 Å². The van der Waals surface area contributed by atoms with Gasteiger partial charge in [-0.1, -0.05) is 0 Å². The van der Waals surface area contributed by atoms with E-state index < -0.39 is 0 Å². The molecular formula is C15H24N4O3. The van der Waals surface area contributed by atoms with Gasteiger partial charge >= 0.3 is 0 Å². The number of carbonyl (C=O) groups is 2. The molecule has 0 radical (unpaired) electrons. The summed E-state index contributed by atoms with van der Waals surface area (Å²) in [6, 6.07) is 3.83. The van der Waals surface area contributed by atoms with Crippen molar-refractivity contribution in [1.29, 1.82) is 0 Å². The van der Waals surface area contributed by atoms with Gasteiger partial charge in [0.2, 0.25) is 11.8 Å². The molecule has 122 valence electrons. The molecule has 1 aliphatic rings. The van der Waals surface area contributed by atoms with Gasteiger partial charge in [0, 0.05) is 26.2 Å². The number of amides is 2. The van der Waals surface area contributed by atoms with E-state index in [9.17, 15) is 9.59 Å². The van der Waals surface area contributed by atoms with Crippen LogP contribution in [0.4, 0.5) is 0 Å². The number of nitrogens with zero attached hydrogens (tertiary/aromatic N) is 1. The SMILES string of the molecule is O=C1CC(=O)NCCN(Cc2ccco2)CCCNCCN1. The molecule has 22 heavy (non-hydrogen) atoms. The standard InChI is InChI=1S/C15H24N4O3/c20-14-11-15(21)18-7-9-19(12-13-3-1-10-22-13)8-2-4-16-5-6-17-14/h1,3,10,16H,2,4-9,11-12H2,(H,17,20)(H,18,21). The van der Waals surface area contributed by atoms with Crippen molar-refractivity contribution in [2.75, 3.05) is 39.3 Å². The van der Waals surface area contributed by atoms with E-state index in [0.717, 1.165) is 38.4 Å². The molecule has 0 atom stereocenters. The molecule has 1 fully saturated rings. The maximum absolute atomic E-state index is 11.7. The Hall–Kier alpha value is -1.86. The summed E-state index contributed by atoms with van der Waals surface area (Å²) in [4.78, 5) is 25.4. The zero-order valence-corrected chi connectivity index (χ0v) is 12.8. The molecule has 2 heterocycles. The lowest BCUT2D eigenvalue weighted by Gasteiger charge is -2.22. The Morgan fingerprint density at radius 3 is 2.64 bits per heavy atom. The lowest BCUT2D eigenvalue weighted by Crippen LogP contribution is -2.40. The predicted octanol–water partition coefficient (Wildman–Crippen LogP) is -0.303. The maximum atomic E-state index is 11.7. The monoisotopic (exact) mass is 308 g/mol. The molecule has 0 aromatic carbocycles. The van der Waals surface area contributed by atoms with Crippen LogP contribution in [0.15, 0.2) is 22.8 Å². The molecule has 2 amide bonds. The first-order valence-corrected chi connectivity index (χ1v) is 7.73. The first-order valence-electron chi connectivity index (χ1n) is 7.73. The van der Waals surface area contributed by atoms with E-state index in [0.29, 0.717) is 19.6 Å². The quantitative estimate of drug-likeness (QED) is 0.653. The van der Waals surface area contributed by atoms with Crippen molar-refractivity contribution in [2.45, 2.75) is 19.4 Å². The third-order valence-corrected chi connectivity index (χ3v) is 3.48. The van der Waals surface area contributed by atoms with E-state index in [4.69, 9.17) is 4.42 Å². The highest BCUT2D eigenvalue weighted by molar-refractivity contribution is 5.96. The van der Waals surface area contributed by atoms with Crippen LogP contribution in [0.5, 0.6) is 0 Å².